The number of thioether (sulfide) groups is 1. The van der Waals surface area contributed by atoms with Gasteiger partial charge in [0.25, 0.3) is 0 Å². The fourth-order valence-corrected chi connectivity index (χ4v) is 4.31. The molecule has 1 rings (SSSR count). The Morgan fingerprint density at radius 1 is 1.33 bits per heavy atom. The Morgan fingerprint density at radius 3 is 2.56 bits per heavy atom. The van der Waals surface area contributed by atoms with E-state index in [1.165, 1.54) is 30.6 Å². The van der Waals surface area contributed by atoms with E-state index in [0.717, 1.165) is 31.7 Å². The summed E-state index contributed by atoms with van der Waals surface area (Å²) in [5, 5.41) is 3.52. The Labute approximate surface area is 116 Å². The summed E-state index contributed by atoms with van der Waals surface area (Å²) in [6.07, 6.45) is 6.96. The highest BCUT2D eigenvalue weighted by atomic mass is 32.2. The van der Waals surface area contributed by atoms with E-state index in [2.05, 4.69) is 12.2 Å². The van der Waals surface area contributed by atoms with Gasteiger partial charge in [-0.1, -0.05) is 6.92 Å². The van der Waals surface area contributed by atoms with Crippen molar-refractivity contribution < 1.29 is 8.42 Å². The van der Waals surface area contributed by atoms with E-state index in [9.17, 15) is 8.42 Å². The van der Waals surface area contributed by atoms with Gasteiger partial charge < -0.3 is 5.32 Å². The van der Waals surface area contributed by atoms with Crippen molar-refractivity contribution in [1.82, 2.24) is 5.32 Å². The second kappa shape index (κ2) is 8.43. The van der Waals surface area contributed by atoms with Gasteiger partial charge in [0.1, 0.15) is 9.84 Å². The molecule has 1 fully saturated rings. The van der Waals surface area contributed by atoms with Crippen LogP contribution in [0.15, 0.2) is 0 Å². The highest BCUT2D eigenvalue weighted by molar-refractivity contribution is 7.99. The molecule has 0 bridgehead atoms. The van der Waals surface area contributed by atoms with Crippen LogP contribution in [0.3, 0.4) is 0 Å². The molecule has 0 aromatic rings. The average Bonchev–Trinajstić information content (AvgIpc) is 2.33. The van der Waals surface area contributed by atoms with Crippen LogP contribution in [0.1, 0.15) is 39.0 Å². The number of hydrogen-bond donors (Lipinski definition) is 1. The van der Waals surface area contributed by atoms with Crippen molar-refractivity contribution in [2.24, 2.45) is 5.92 Å². The SMILES string of the molecule is CCCNC(CCS(C)(=O)=O)CC1CCSCC1. The van der Waals surface area contributed by atoms with Gasteiger partial charge in [-0.05, 0) is 56.1 Å². The third-order valence-electron chi connectivity index (χ3n) is 3.48. The van der Waals surface area contributed by atoms with Crippen LogP contribution < -0.4 is 5.32 Å². The zero-order valence-electron chi connectivity index (χ0n) is 11.7. The minimum absolute atomic E-state index is 0.315. The smallest absolute Gasteiger partial charge is 0.147 e. The Kier molecular flexibility index (Phi) is 7.64. The summed E-state index contributed by atoms with van der Waals surface area (Å²) in [5.74, 6) is 3.66. The van der Waals surface area contributed by atoms with E-state index in [0.29, 0.717) is 11.8 Å². The summed E-state index contributed by atoms with van der Waals surface area (Å²) in [6, 6.07) is 0.382. The van der Waals surface area contributed by atoms with Crippen molar-refractivity contribution in [3.63, 3.8) is 0 Å². The van der Waals surface area contributed by atoms with Crippen molar-refractivity contribution >= 4 is 21.6 Å². The molecule has 5 heteroatoms. The first-order valence-corrected chi connectivity index (χ1v) is 10.2. The molecule has 0 saturated carbocycles. The first kappa shape index (κ1) is 16.3. The maximum absolute atomic E-state index is 11.3. The average molecular weight is 293 g/mol. The number of rotatable bonds is 8. The van der Waals surface area contributed by atoms with Crippen molar-refractivity contribution in [3.05, 3.63) is 0 Å². The molecule has 0 spiro atoms. The predicted molar refractivity (Wildman–Crippen MR) is 81.1 cm³/mol. The second-order valence-corrected chi connectivity index (χ2v) is 8.85. The molecule has 0 aromatic heterocycles. The number of sulfone groups is 1. The fraction of sp³-hybridized carbons (Fsp3) is 1.00. The van der Waals surface area contributed by atoms with Crippen molar-refractivity contribution in [1.29, 1.82) is 0 Å². The van der Waals surface area contributed by atoms with Gasteiger partial charge in [-0.2, -0.15) is 11.8 Å². The summed E-state index contributed by atoms with van der Waals surface area (Å²) in [6.45, 7) is 3.15. The lowest BCUT2D eigenvalue weighted by atomic mass is 9.93. The van der Waals surface area contributed by atoms with Gasteiger partial charge in [-0.15, -0.1) is 0 Å². The van der Waals surface area contributed by atoms with Gasteiger partial charge in [0.05, 0.1) is 5.75 Å². The third-order valence-corrected chi connectivity index (χ3v) is 5.50. The minimum Gasteiger partial charge on any atom is -0.314 e. The molecule has 0 aliphatic carbocycles. The van der Waals surface area contributed by atoms with Gasteiger partial charge in [-0.25, -0.2) is 8.42 Å². The molecule has 0 amide bonds. The molecule has 1 saturated heterocycles. The highest BCUT2D eigenvalue weighted by Crippen LogP contribution is 2.27. The second-order valence-electron chi connectivity index (χ2n) is 5.36. The lowest BCUT2D eigenvalue weighted by Crippen LogP contribution is -2.34. The number of nitrogens with one attached hydrogen (secondary N) is 1. The van der Waals surface area contributed by atoms with Gasteiger partial charge in [-0.3, -0.25) is 0 Å². The normalized spacial score (nSPS) is 19.9. The van der Waals surface area contributed by atoms with E-state index < -0.39 is 9.84 Å². The molecule has 18 heavy (non-hydrogen) atoms. The highest BCUT2D eigenvalue weighted by Gasteiger charge is 2.19. The molecule has 108 valence electrons. The predicted octanol–water partition coefficient (Wildman–Crippen LogP) is 2.32. The van der Waals surface area contributed by atoms with Crippen LogP contribution in [-0.2, 0) is 9.84 Å². The van der Waals surface area contributed by atoms with E-state index in [1.54, 1.807) is 0 Å². The maximum Gasteiger partial charge on any atom is 0.147 e. The first-order chi connectivity index (χ1) is 8.51. The van der Waals surface area contributed by atoms with Gasteiger partial charge >= 0.3 is 0 Å². The summed E-state index contributed by atoms with van der Waals surface area (Å²) in [4.78, 5) is 0. The largest absolute Gasteiger partial charge is 0.314 e. The van der Waals surface area contributed by atoms with Crippen LogP contribution in [0.2, 0.25) is 0 Å². The van der Waals surface area contributed by atoms with E-state index in [4.69, 9.17) is 0 Å². The van der Waals surface area contributed by atoms with Gasteiger partial charge in [0.2, 0.25) is 0 Å². The molecular formula is C13H27NO2S2. The third kappa shape index (κ3) is 7.64. The van der Waals surface area contributed by atoms with Crippen LogP contribution >= 0.6 is 11.8 Å². The molecule has 1 N–H and O–H groups in total. The van der Waals surface area contributed by atoms with Crippen LogP contribution in [-0.4, -0.2) is 44.5 Å². The molecule has 0 radical (unpaired) electrons. The van der Waals surface area contributed by atoms with Crippen LogP contribution in [0.25, 0.3) is 0 Å². The molecule has 0 aromatic carbocycles. The molecule has 1 aliphatic rings. The summed E-state index contributed by atoms with van der Waals surface area (Å²) < 4.78 is 22.5. The Balaban J connectivity index is 2.38. The summed E-state index contributed by atoms with van der Waals surface area (Å²) in [7, 11) is -2.83. The molecule has 3 nitrogen and oxygen atoms in total. The quantitative estimate of drug-likeness (QED) is 0.746. The van der Waals surface area contributed by atoms with E-state index in [1.807, 2.05) is 11.8 Å². The molecule has 1 atom stereocenters. The monoisotopic (exact) mass is 293 g/mol. The minimum atomic E-state index is -2.83. The van der Waals surface area contributed by atoms with Crippen molar-refractivity contribution in [2.45, 2.75) is 45.1 Å². The zero-order valence-corrected chi connectivity index (χ0v) is 13.3. The Bertz CT molecular complexity index is 311. The lowest BCUT2D eigenvalue weighted by Gasteiger charge is -2.27. The van der Waals surface area contributed by atoms with Crippen LogP contribution in [0, 0.1) is 5.92 Å². The zero-order chi connectivity index (χ0) is 13.4. The molecule has 1 unspecified atom stereocenters. The first-order valence-electron chi connectivity index (χ1n) is 7.00. The maximum atomic E-state index is 11.3. The van der Waals surface area contributed by atoms with Gasteiger partial charge in [0.15, 0.2) is 0 Å². The summed E-state index contributed by atoms with van der Waals surface area (Å²) >= 11 is 2.04. The van der Waals surface area contributed by atoms with E-state index >= 15 is 0 Å². The van der Waals surface area contributed by atoms with Gasteiger partial charge in [0, 0.05) is 12.3 Å². The lowest BCUT2D eigenvalue weighted by molar-refractivity contribution is 0.358. The Hall–Kier alpha value is 0.260. The van der Waals surface area contributed by atoms with Crippen molar-refractivity contribution in [3.8, 4) is 0 Å². The molecule has 1 heterocycles. The standard InChI is InChI=1S/C13H27NO2S2/c1-3-7-14-13(6-10-18(2,15)16)11-12-4-8-17-9-5-12/h12-14H,3-11H2,1-2H3. The fourth-order valence-electron chi connectivity index (χ4n) is 2.39. The van der Waals surface area contributed by atoms with E-state index in [-0.39, 0.29) is 0 Å². The van der Waals surface area contributed by atoms with Crippen LogP contribution in [0.5, 0.6) is 0 Å². The summed E-state index contributed by atoms with van der Waals surface area (Å²) in [5.41, 5.74) is 0. The van der Waals surface area contributed by atoms with Crippen molar-refractivity contribution in [2.75, 3.05) is 30.1 Å². The molecular weight excluding hydrogens is 266 g/mol. The van der Waals surface area contributed by atoms with Crippen LogP contribution in [0.4, 0.5) is 0 Å². The topological polar surface area (TPSA) is 46.2 Å². The Morgan fingerprint density at radius 2 is 2.00 bits per heavy atom. The molecule has 1 aliphatic heterocycles. The number of hydrogen-bond acceptors (Lipinski definition) is 4.